The maximum atomic E-state index is 13.2. The van der Waals surface area contributed by atoms with Crippen LogP contribution in [-0.2, 0) is 17.2 Å². The van der Waals surface area contributed by atoms with E-state index in [0.717, 1.165) is 5.56 Å². The lowest BCUT2D eigenvalue weighted by molar-refractivity contribution is 0.0910. The van der Waals surface area contributed by atoms with Crippen LogP contribution >= 0.6 is 0 Å². The van der Waals surface area contributed by atoms with E-state index in [9.17, 15) is 18.2 Å². The van der Waals surface area contributed by atoms with E-state index in [1.807, 2.05) is 19.9 Å². The van der Waals surface area contributed by atoms with Crippen LogP contribution in [0.5, 0.6) is 0 Å². The highest BCUT2D eigenvalue weighted by Gasteiger charge is 2.25. The fraction of sp³-hybridized carbons (Fsp3) is 0.200. The van der Waals surface area contributed by atoms with Crippen LogP contribution in [0.3, 0.4) is 0 Å². The Bertz CT molecular complexity index is 1430. The van der Waals surface area contributed by atoms with Gasteiger partial charge in [-0.15, -0.1) is 0 Å². The quantitative estimate of drug-likeness (QED) is 0.445. The Balaban J connectivity index is 1.74. The molecule has 0 bridgehead atoms. The zero-order chi connectivity index (χ0) is 23.0. The predicted molar refractivity (Wildman–Crippen MR) is 126 cm³/mol. The van der Waals surface area contributed by atoms with Crippen molar-refractivity contribution in [1.82, 2.24) is 10.3 Å². The number of benzene rings is 3. The Kier molecular flexibility index (Phi) is 5.69. The first-order chi connectivity index (χ1) is 15.1. The van der Waals surface area contributed by atoms with Gasteiger partial charge in [-0.25, -0.2) is 4.39 Å². The summed E-state index contributed by atoms with van der Waals surface area (Å²) in [6.45, 7) is 3.74. The number of rotatable bonds is 5. The Hall–Kier alpha value is -3.32. The minimum absolute atomic E-state index is 0.176. The maximum Gasteiger partial charge on any atom is 0.253 e. The van der Waals surface area contributed by atoms with Crippen molar-refractivity contribution in [3.8, 4) is 0 Å². The molecule has 164 valence electrons. The molecule has 0 spiro atoms. The Labute approximate surface area is 187 Å². The van der Waals surface area contributed by atoms with Gasteiger partial charge in [0, 0.05) is 28.1 Å². The molecule has 32 heavy (non-hydrogen) atoms. The lowest BCUT2D eigenvalue weighted by Crippen LogP contribution is -2.45. The highest BCUT2D eigenvalue weighted by molar-refractivity contribution is 7.84. The van der Waals surface area contributed by atoms with E-state index in [1.165, 1.54) is 18.4 Å². The summed E-state index contributed by atoms with van der Waals surface area (Å²) >= 11 is 0. The van der Waals surface area contributed by atoms with Gasteiger partial charge in [-0.3, -0.25) is 13.8 Å². The van der Waals surface area contributed by atoms with Crippen LogP contribution in [0, 0.1) is 5.82 Å². The van der Waals surface area contributed by atoms with Gasteiger partial charge in [-0.2, -0.15) is 0 Å². The molecule has 4 rings (SSSR count). The highest BCUT2D eigenvalue weighted by Crippen LogP contribution is 2.23. The number of hydrogen-bond acceptors (Lipinski definition) is 3. The van der Waals surface area contributed by atoms with E-state index in [0.29, 0.717) is 33.1 Å². The van der Waals surface area contributed by atoms with E-state index in [4.69, 9.17) is 0 Å². The first-order valence-electron chi connectivity index (χ1n) is 10.1. The van der Waals surface area contributed by atoms with Crippen LogP contribution in [0.1, 0.15) is 29.8 Å². The van der Waals surface area contributed by atoms with Gasteiger partial charge in [0.25, 0.3) is 5.91 Å². The number of aromatic amines is 1. The molecular weight excluding hydrogens is 427 g/mol. The van der Waals surface area contributed by atoms with Crippen molar-refractivity contribution in [3.05, 3.63) is 87.8 Å². The number of nitrogens with one attached hydrogen (secondary N) is 2. The smallest absolute Gasteiger partial charge is 0.253 e. The Morgan fingerprint density at radius 3 is 2.41 bits per heavy atom. The third-order valence-electron chi connectivity index (χ3n) is 5.37. The molecule has 1 amide bonds. The van der Waals surface area contributed by atoms with Crippen molar-refractivity contribution < 1.29 is 13.4 Å². The first kappa shape index (κ1) is 21.9. The van der Waals surface area contributed by atoms with Crippen molar-refractivity contribution in [2.45, 2.75) is 30.7 Å². The van der Waals surface area contributed by atoms with Gasteiger partial charge in [-0.05, 0) is 62.2 Å². The Morgan fingerprint density at radius 1 is 1.03 bits per heavy atom. The summed E-state index contributed by atoms with van der Waals surface area (Å²) < 4.78 is 25.7. The minimum Gasteiger partial charge on any atom is -0.354 e. The van der Waals surface area contributed by atoms with Gasteiger partial charge in [0.1, 0.15) is 5.82 Å². The van der Waals surface area contributed by atoms with Crippen LogP contribution in [-0.4, -0.2) is 26.9 Å². The van der Waals surface area contributed by atoms with Gasteiger partial charge in [-0.1, -0.05) is 24.3 Å². The summed E-state index contributed by atoms with van der Waals surface area (Å²) in [6.07, 6.45) is 1.97. The van der Waals surface area contributed by atoms with Gasteiger partial charge < -0.3 is 10.3 Å². The lowest BCUT2D eigenvalue weighted by atomic mass is 9.94. The van der Waals surface area contributed by atoms with Crippen molar-refractivity contribution >= 4 is 38.5 Å². The minimum atomic E-state index is -1.48. The summed E-state index contributed by atoms with van der Waals surface area (Å²) in [7, 11) is -1.48. The maximum absolute atomic E-state index is 13.2. The van der Waals surface area contributed by atoms with Gasteiger partial charge >= 0.3 is 0 Å². The van der Waals surface area contributed by atoms with Crippen LogP contribution in [0.25, 0.3) is 21.8 Å². The number of pyridine rings is 1. The number of hydrogen-bond donors (Lipinski definition) is 2. The highest BCUT2D eigenvalue weighted by atomic mass is 32.2. The zero-order valence-electron chi connectivity index (χ0n) is 18.0. The molecule has 0 radical (unpaired) electrons. The lowest BCUT2D eigenvalue weighted by Gasteiger charge is -2.27. The van der Waals surface area contributed by atoms with E-state index >= 15 is 0 Å². The summed E-state index contributed by atoms with van der Waals surface area (Å²) in [5, 5.41) is 3.91. The normalized spacial score (nSPS) is 12.8. The zero-order valence-corrected chi connectivity index (χ0v) is 18.8. The summed E-state index contributed by atoms with van der Waals surface area (Å²) in [5.41, 5.74) is 1.47. The standard InChI is InChI=1S/C25H23FN2O3S/c1-25(2,14-15-8-10-16(26)11-9-15)28-24(30)19-12-21-18(13-22(19)32(3)31)23(29)17-6-4-5-7-20(17)27-21/h4-13H,14H2,1-3H3,(H,27,29)(H,28,30). The second-order valence-electron chi connectivity index (χ2n) is 8.49. The number of H-pyrrole nitrogens is 1. The number of aromatic nitrogens is 1. The topological polar surface area (TPSA) is 79.0 Å². The molecule has 0 fully saturated rings. The molecule has 1 heterocycles. The van der Waals surface area contributed by atoms with E-state index in [2.05, 4.69) is 10.3 Å². The van der Waals surface area contributed by atoms with Crippen LogP contribution < -0.4 is 10.7 Å². The molecular formula is C25H23FN2O3S. The number of para-hydroxylation sites is 1. The average molecular weight is 451 g/mol. The molecule has 3 aromatic carbocycles. The van der Waals surface area contributed by atoms with E-state index in [-0.39, 0.29) is 16.8 Å². The average Bonchev–Trinajstić information content (AvgIpc) is 2.74. The third kappa shape index (κ3) is 4.34. The molecule has 0 aliphatic heterocycles. The number of amides is 1. The van der Waals surface area contributed by atoms with E-state index in [1.54, 1.807) is 42.5 Å². The summed E-state index contributed by atoms with van der Waals surface area (Å²) in [4.78, 5) is 29.7. The fourth-order valence-corrected chi connectivity index (χ4v) is 4.64. The Morgan fingerprint density at radius 2 is 1.72 bits per heavy atom. The summed E-state index contributed by atoms with van der Waals surface area (Å²) in [5.74, 6) is -0.707. The van der Waals surface area contributed by atoms with Crippen molar-refractivity contribution in [2.24, 2.45) is 0 Å². The molecule has 0 aliphatic carbocycles. The fourth-order valence-electron chi connectivity index (χ4n) is 3.90. The molecule has 5 nitrogen and oxygen atoms in total. The molecule has 0 aliphatic rings. The number of halogens is 1. The van der Waals surface area contributed by atoms with E-state index < -0.39 is 22.2 Å². The van der Waals surface area contributed by atoms with Crippen LogP contribution in [0.4, 0.5) is 4.39 Å². The second kappa shape index (κ2) is 8.31. The van der Waals surface area contributed by atoms with Crippen molar-refractivity contribution in [2.75, 3.05) is 6.26 Å². The molecule has 0 saturated heterocycles. The third-order valence-corrected chi connectivity index (χ3v) is 6.33. The molecule has 2 N–H and O–H groups in total. The molecule has 7 heteroatoms. The van der Waals surface area contributed by atoms with Crippen LogP contribution in [0.15, 0.2) is 70.4 Å². The van der Waals surface area contributed by atoms with Gasteiger partial charge in [0.05, 0.1) is 26.8 Å². The molecule has 4 aromatic rings. The van der Waals surface area contributed by atoms with Crippen molar-refractivity contribution in [1.29, 1.82) is 0 Å². The molecule has 1 aromatic heterocycles. The first-order valence-corrected chi connectivity index (χ1v) is 11.7. The van der Waals surface area contributed by atoms with Crippen LogP contribution in [0.2, 0.25) is 0 Å². The number of carbonyl (C=O) groups excluding carboxylic acids is 1. The van der Waals surface area contributed by atoms with Crippen molar-refractivity contribution in [3.63, 3.8) is 0 Å². The number of fused-ring (bicyclic) bond motifs is 2. The second-order valence-corrected chi connectivity index (χ2v) is 9.84. The monoisotopic (exact) mass is 450 g/mol. The molecule has 0 saturated carbocycles. The molecule has 1 unspecified atom stereocenters. The number of carbonyl (C=O) groups is 1. The largest absolute Gasteiger partial charge is 0.354 e. The SMILES string of the molecule is CS(=O)c1cc2c(=O)c3ccccc3[nH]c2cc1C(=O)NC(C)(C)Cc1ccc(F)cc1. The van der Waals surface area contributed by atoms with Gasteiger partial charge in [0.2, 0.25) is 0 Å². The molecule has 1 atom stereocenters. The van der Waals surface area contributed by atoms with Gasteiger partial charge in [0.15, 0.2) is 5.43 Å². The predicted octanol–water partition coefficient (Wildman–Crippen LogP) is 4.31. The summed E-state index contributed by atoms with van der Waals surface area (Å²) in [6, 6.07) is 16.4.